The lowest BCUT2D eigenvalue weighted by molar-refractivity contribution is -0.136. The average molecular weight is 289 g/mol. The third-order valence-corrected chi connectivity index (χ3v) is 4.86. The van der Waals surface area contributed by atoms with Gasteiger partial charge in [-0.05, 0) is 37.0 Å². The molecule has 1 saturated carbocycles. The van der Waals surface area contributed by atoms with Gasteiger partial charge in [-0.15, -0.1) is 0 Å². The summed E-state index contributed by atoms with van der Waals surface area (Å²) in [6.45, 7) is 1.01. The second-order valence-corrected chi connectivity index (χ2v) is 6.46. The van der Waals surface area contributed by atoms with E-state index in [9.17, 15) is 9.90 Å². The number of aliphatic hydroxyl groups is 1. The molecular formula is C16H23N3O2. The number of amides is 1. The first-order chi connectivity index (χ1) is 10.1. The monoisotopic (exact) mass is 289 g/mol. The van der Waals surface area contributed by atoms with Gasteiger partial charge in [-0.3, -0.25) is 9.78 Å². The molecule has 5 heteroatoms. The standard InChI is InChI=1S/C16H23N3O2/c17-16(5-1-2-6-16)15(21)19-10-13(14(20)11-19)9-12-3-7-18-8-4-12/h3-4,7-8,13-14,20H,1-2,5-6,9-11,17H2/t13-,14+/m1/s1. The number of rotatable bonds is 3. The second kappa shape index (κ2) is 5.73. The van der Waals surface area contributed by atoms with Gasteiger partial charge in [0.15, 0.2) is 0 Å². The van der Waals surface area contributed by atoms with Gasteiger partial charge in [-0.1, -0.05) is 12.8 Å². The molecule has 2 atom stereocenters. The SMILES string of the molecule is NC1(C(=O)N2C[C@@H](Cc3ccncc3)[C@@H](O)C2)CCCC1. The number of β-amino-alcohol motifs (C(OH)–C–C–N with tert-alkyl or cyclic N) is 1. The molecule has 1 aliphatic carbocycles. The van der Waals surface area contributed by atoms with Crippen molar-refractivity contribution in [2.24, 2.45) is 11.7 Å². The van der Waals surface area contributed by atoms with Crippen LogP contribution in [0.15, 0.2) is 24.5 Å². The zero-order valence-corrected chi connectivity index (χ0v) is 12.2. The highest BCUT2D eigenvalue weighted by molar-refractivity contribution is 5.86. The van der Waals surface area contributed by atoms with Gasteiger partial charge in [0.25, 0.3) is 0 Å². The van der Waals surface area contributed by atoms with Crippen molar-refractivity contribution < 1.29 is 9.90 Å². The minimum absolute atomic E-state index is 0.0243. The smallest absolute Gasteiger partial charge is 0.242 e. The van der Waals surface area contributed by atoms with Crippen LogP contribution in [0.4, 0.5) is 0 Å². The Morgan fingerprint density at radius 1 is 1.33 bits per heavy atom. The molecule has 0 bridgehead atoms. The van der Waals surface area contributed by atoms with E-state index in [1.165, 1.54) is 0 Å². The fourth-order valence-corrected chi connectivity index (χ4v) is 3.58. The van der Waals surface area contributed by atoms with Gasteiger partial charge in [0.05, 0.1) is 11.6 Å². The van der Waals surface area contributed by atoms with Gasteiger partial charge in [-0.2, -0.15) is 0 Å². The predicted molar refractivity (Wildman–Crippen MR) is 79.4 cm³/mol. The molecule has 114 valence electrons. The zero-order chi connectivity index (χ0) is 14.9. The van der Waals surface area contributed by atoms with E-state index in [2.05, 4.69) is 4.98 Å². The minimum Gasteiger partial charge on any atom is -0.391 e. The van der Waals surface area contributed by atoms with Crippen molar-refractivity contribution >= 4 is 5.91 Å². The number of carbonyl (C=O) groups is 1. The van der Waals surface area contributed by atoms with Crippen molar-refractivity contribution in [3.63, 3.8) is 0 Å². The Hall–Kier alpha value is -1.46. The van der Waals surface area contributed by atoms with Crippen molar-refractivity contribution in [1.82, 2.24) is 9.88 Å². The van der Waals surface area contributed by atoms with Crippen LogP contribution >= 0.6 is 0 Å². The Bertz CT molecular complexity index is 500. The van der Waals surface area contributed by atoms with Crippen LogP contribution in [0, 0.1) is 5.92 Å². The fourth-order valence-electron chi connectivity index (χ4n) is 3.58. The molecule has 1 aromatic rings. The Morgan fingerprint density at radius 2 is 2.00 bits per heavy atom. The lowest BCUT2D eigenvalue weighted by Gasteiger charge is -2.28. The van der Waals surface area contributed by atoms with Crippen LogP contribution in [-0.4, -0.2) is 45.6 Å². The van der Waals surface area contributed by atoms with E-state index in [0.29, 0.717) is 13.1 Å². The van der Waals surface area contributed by atoms with Crippen LogP contribution in [-0.2, 0) is 11.2 Å². The number of likely N-dealkylation sites (tertiary alicyclic amines) is 1. The van der Waals surface area contributed by atoms with Crippen molar-refractivity contribution in [2.45, 2.75) is 43.7 Å². The summed E-state index contributed by atoms with van der Waals surface area (Å²) in [6, 6.07) is 3.91. The van der Waals surface area contributed by atoms with Gasteiger partial charge in [0, 0.05) is 31.4 Å². The highest BCUT2D eigenvalue weighted by atomic mass is 16.3. The summed E-state index contributed by atoms with van der Waals surface area (Å²) in [6.07, 6.45) is 7.41. The van der Waals surface area contributed by atoms with Gasteiger partial charge in [-0.25, -0.2) is 0 Å². The van der Waals surface area contributed by atoms with Crippen LogP contribution < -0.4 is 5.73 Å². The van der Waals surface area contributed by atoms with Crippen molar-refractivity contribution in [3.05, 3.63) is 30.1 Å². The molecule has 2 heterocycles. The molecule has 0 aromatic carbocycles. The molecule has 3 rings (SSSR count). The first-order valence-corrected chi connectivity index (χ1v) is 7.74. The molecule has 3 N–H and O–H groups in total. The maximum atomic E-state index is 12.6. The van der Waals surface area contributed by atoms with Gasteiger partial charge in [0.2, 0.25) is 5.91 Å². The molecular weight excluding hydrogens is 266 g/mol. The number of pyridine rings is 1. The summed E-state index contributed by atoms with van der Waals surface area (Å²) in [7, 11) is 0. The predicted octanol–water partition coefficient (Wildman–Crippen LogP) is 0.715. The molecule has 1 amide bonds. The molecule has 5 nitrogen and oxygen atoms in total. The third-order valence-electron chi connectivity index (χ3n) is 4.86. The number of nitrogens with zero attached hydrogens (tertiary/aromatic N) is 2. The van der Waals surface area contributed by atoms with Gasteiger partial charge >= 0.3 is 0 Å². The second-order valence-electron chi connectivity index (χ2n) is 6.46. The Labute approximate surface area is 125 Å². The Balaban J connectivity index is 1.64. The molecule has 2 fully saturated rings. The molecule has 1 aliphatic heterocycles. The summed E-state index contributed by atoms with van der Waals surface area (Å²) in [5.41, 5.74) is 6.70. The van der Waals surface area contributed by atoms with Gasteiger partial charge < -0.3 is 15.7 Å². The minimum atomic E-state index is -0.689. The van der Waals surface area contributed by atoms with Crippen LogP contribution in [0.25, 0.3) is 0 Å². The molecule has 21 heavy (non-hydrogen) atoms. The van der Waals surface area contributed by atoms with E-state index in [1.807, 2.05) is 12.1 Å². The van der Waals surface area contributed by atoms with Crippen LogP contribution in [0.2, 0.25) is 0 Å². The lowest BCUT2D eigenvalue weighted by Crippen LogP contribution is -2.53. The lowest BCUT2D eigenvalue weighted by atomic mass is 9.96. The molecule has 1 saturated heterocycles. The summed E-state index contributed by atoms with van der Waals surface area (Å²) in [5.74, 6) is 0.109. The Morgan fingerprint density at radius 3 is 2.67 bits per heavy atom. The first kappa shape index (κ1) is 14.5. The number of hydrogen-bond acceptors (Lipinski definition) is 4. The van der Waals surface area contributed by atoms with Crippen molar-refractivity contribution in [2.75, 3.05) is 13.1 Å². The third kappa shape index (κ3) is 2.94. The number of nitrogens with two attached hydrogens (primary N) is 1. The molecule has 0 unspecified atom stereocenters. The number of aromatic nitrogens is 1. The van der Waals surface area contributed by atoms with Crippen LogP contribution in [0.3, 0.4) is 0 Å². The summed E-state index contributed by atoms with van der Waals surface area (Å²) in [5, 5.41) is 10.2. The molecule has 0 spiro atoms. The maximum absolute atomic E-state index is 12.6. The first-order valence-electron chi connectivity index (χ1n) is 7.74. The Kier molecular flexibility index (Phi) is 3.95. The molecule has 0 radical (unpaired) electrons. The summed E-state index contributed by atoms with van der Waals surface area (Å²) < 4.78 is 0. The highest BCUT2D eigenvalue weighted by Gasteiger charge is 2.43. The fraction of sp³-hybridized carbons (Fsp3) is 0.625. The quantitative estimate of drug-likeness (QED) is 0.859. The van der Waals surface area contributed by atoms with Crippen LogP contribution in [0.5, 0.6) is 0 Å². The topological polar surface area (TPSA) is 79.5 Å². The van der Waals surface area contributed by atoms with E-state index in [0.717, 1.165) is 37.7 Å². The molecule has 1 aromatic heterocycles. The van der Waals surface area contributed by atoms with E-state index in [-0.39, 0.29) is 11.8 Å². The highest BCUT2D eigenvalue weighted by Crippen LogP contribution is 2.31. The van der Waals surface area contributed by atoms with E-state index in [1.54, 1.807) is 17.3 Å². The largest absolute Gasteiger partial charge is 0.391 e. The maximum Gasteiger partial charge on any atom is 0.242 e. The average Bonchev–Trinajstić information content (AvgIpc) is 3.07. The van der Waals surface area contributed by atoms with Crippen molar-refractivity contribution in [1.29, 1.82) is 0 Å². The van der Waals surface area contributed by atoms with Crippen molar-refractivity contribution in [3.8, 4) is 0 Å². The summed E-state index contributed by atoms with van der Waals surface area (Å²) >= 11 is 0. The van der Waals surface area contributed by atoms with Crippen LogP contribution in [0.1, 0.15) is 31.2 Å². The molecule has 2 aliphatic rings. The van der Waals surface area contributed by atoms with E-state index >= 15 is 0 Å². The number of carbonyl (C=O) groups excluding carboxylic acids is 1. The van der Waals surface area contributed by atoms with E-state index < -0.39 is 11.6 Å². The van der Waals surface area contributed by atoms with E-state index in [4.69, 9.17) is 5.73 Å². The normalized spacial score (nSPS) is 28.0. The zero-order valence-electron chi connectivity index (χ0n) is 12.2. The van der Waals surface area contributed by atoms with Gasteiger partial charge in [0.1, 0.15) is 0 Å². The number of hydrogen-bond donors (Lipinski definition) is 2. The summed E-state index contributed by atoms with van der Waals surface area (Å²) in [4.78, 5) is 18.4. The number of aliphatic hydroxyl groups excluding tert-OH is 1.